The Kier molecular flexibility index (Phi) is 1.97. The van der Waals surface area contributed by atoms with Gasteiger partial charge in [-0.05, 0) is 19.4 Å². The van der Waals surface area contributed by atoms with E-state index < -0.39 is 5.91 Å². The lowest BCUT2D eigenvalue weighted by Crippen LogP contribution is -2.15. The Labute approximate surface area is 74.5 Å². The maximum absolute atomic E-state index is 10.6. The quantitative estimate of drug-likeness (QED) is 0.648. The second-order valence-corrected chi connectivity index (χ2v) is 2.97. The van der Waals surface area contributed by atoms with E-state index in [1.165, 1.54) is 0 Å². The summed E-state index contributed by atoms with van der Waals surface area (Å²) in [5, 5.41) is 6.64. The van der Waals surface area contributed by atoms with Gasteiger partial charge < -0.3 is 15.6 Å². The van der Waals surface area contributed by atoms with Gasteiger partial charge in [-0.3, -0.25) is 4.79 Å². The number of carbonyl (C=O) groups excluding carboxylic acids is 1. The summed E-state index contributed by atoms with van der Waals surface area (Å²) in [4.78, 5) is 14.5. The van der Waals surface area contributed by atoms with Gasteiger partial charge in [0, 0.05) is 0 Å². The van der Waals surface area contributed by atoms with Crippen LogP contribution >= 0.6 is 0 Å². The zero-order chi connectivity index (χ0) is 9.26. The number of carbonyl (C=O) groups is 1. The molecule has 0 bridgehead atoms. The number of hydrogen-bond donors (Lipinski definition) is 2. The van der Waals surface area contributed by atoms with Crippen LogP contribution in [0.4, 0.5) is 0 Å². The normalized spacial score (nSPS) is 22.0. The van der Waals surface area contributed by atoms with E-state index in [4.69, 9.17) is 10.3 Å². The number of nitrogens with zero attached hydrogens (tertiary/aromatic N) is 2. The van der Waals surface area contributed by atoms with Crippen LogP contribution in [0.3, 0.4) is 0 Å². The van der Waals surface area contributed by atoms with Gasteiger partial charge >= 0.3 is 0 Å². The van der Waals surface area contributed by atoms with Crippen molar-refractivity contribution >= 4 is 5.91 Å². The third kappa shape index (κ3) is 1.52. The second-order valence-electron chi connectivity index (χ2n) is 2.97. The van der Waals surface area contributed by atoms with Crippen LogP contribution in [0.25, 0.3) is 0 Å². The van der Waals surface area contributed by atoms with Crippen LogP contribution in [0.15, 0.2) is 4.52 Å². The molecule has 1 aromatic rings. The standard InChI is InChI=1S/C7H10N4O2/c8-5(12)6-10-7(13-11-6)4-2-1-3-9-4/h4,9H,1-3H2,(H2,8,12)/t4-/m0/s1. The van der Waals surface area contributed by atoms with Crippen LogP contribution in [0.2, 0.25) is 0 Å². The Hall–Kier alpha value is -1.43. The van der Waals surface area contributed by atoms with Crippen molar-refractivity contribution in [2.75, 3.05) is 6.54 Å². The Balaban J connectivity index is 2.16. The Morgan fingerprint density at radius 2 is 2.54 bits per heavy atom. The minimum atomic E-state index is -0.659. The summed E-state index contributed by atoms with van der Waals surface area (Å²) >= 11 is 0. The van der Waals surface area contributed by atoms with Crippen LogP contribution in [0, 0.1) is 0 Å². The number of nitrogens with two attached hydrogens (primary N) is 1. The van der Waals surface area contributed by atoms with E-state index >= 15 is 0 Å². The molecule has 1 amide bonds. The molecule has 1 fully saturated rings. The maximum atomic E-state index is 10.6. The lowest BCUT2D eigenvalue weighted by molar-refractivity contribution is 0.0987. The van der Waals surface area contributed by atoms with E-state index in [9.17, 15) is 4.79 Å². The summed E-state index contributed by atoms with van der Waals surface area (Å²) < 4.78 is 4.89. The van der Waals surface area contributed by atoms with Crippen LogP contribution in [-0.2, 0) is 0 Å². The molecule has 0 radical (unpaired) electrons. The summed E-state index contributed by atoms with van der Waals surface area (Å²) in [6.07, 6.45) is 2.04. The molecule has 0 aliphatic carbocycles. The van der Waals surface area contributed by atoms with Gasteiger partial charge in [0.15, 0.2) is 0 Å². The summed E-state index contributed by atoms with van der Waals surface area (Å²) in [5.74, 6) is -0.261. The Bertz CT molecular complexity index is 316. The van der Waals surface area contributed by atoms with Crippen molar-refractivity contribution in [3.63, 3.8) is 0 Å². The zero-order valence-corrected chi connectivity index (χ0v) is 6.99. The summed E-state index contributed by atoms with van der Waals surface area (Å²) in [6, 6.07) is 0.0839. The monoisotopic (exact) mass is 182 g/mol. The highest BCUT2D eigenvalue weighted by Gasteiger charge is 2.23. The minimum absolute atomic E-state index is 0.0521. The number of nitrogens with one attached hydrogen (secondary N) is 1. The molecule has 13 heavy (non-hydrogen) atoms. The third-order valence-corrected chi connectivity index (χ3v) is 2.02. The average molecular weight is 182 g/mol. The number of amides is 1. The molecule has 0 aromatic carbocycles. The molecule has 1 aliphatic rings. The molecule has 0 saturated carbocycles. The van der Waals surface area contributed by atoms with Gasteiger partial charge in [0.25, 0.3) is 11.7 Å². The van der Waals surface area contributed by atoms with E-state index in [0.717, 1.165) is 19.4 Å². The maximum Gasteiger partial charge on any atom is 0.290 e. The number of primary amides is 1. The highest BCUT2D eigenvalue weighted by molar-refractivity contribution is 5.88. The highest BCUT2D eigenvalue weighted by atomic mass is 16.5. The van der Waals surface area contributed by atoms with Crippen molar-refractivity contribution in [3.05, 3.63) is 11.7 Å². The summed E-state index contributed by atoms with van der Waals surface area (Å²) in [6.45, 7) is 0.943. The molecule has 1 aromatic heterocycles. The molecule has 1 atom stereocenters. The van der Waals surface area contributed by atoms with Crippen molar-refractivity contribution in [2.24, 2.45) is 5.73 Å². The molecule has 2 rings (SSSR count). The van der Waals surface area contributed by atoms with Gasteiger partial charge in [0.05, 0.1) is 6.04 Å². The largest absolute Gasteiger partial charge is 0.363 e. The predicted molar refractivity (Wildman–Crippen MR) is 42.8 cm³/mol. The van der Waals surface area contributed by atoms with Gasteiger partial charge in [-0.15, -0.1) is 0 Å². The molecule has 6 heteroatoms. The molecule has 70 valence electrons. The van der Waals surface area contributed by atoms with Gasteiger partial charge in [-0.2, -0.15) is 4.98 Å². The first kappa shape index (κ1) is 8.18. The number of aromatic nitrogens is 2. The van der Waals surface area contributed by atoms with E-state index in [1.807, 2.05) is 0 Å². The van der Waals surface area contributed by atoms with Gasteiger partial charge in [-0.25, -0.2) is 0 Å². The molecule has 0 unspecified atom stereocenters. The zero-order valence-electron chi connectivity index (χ0n) is 6.99. The minimum Gasteiger partial charge on any atom is -0.363 e. The highest BCUT2D eigenvalue weighted by Crippen LogP contribution is 2.20. The molecular weight excluding hydrogens is 172 g/mol. The average Bonchev–Trinajstić information content (AvgIpc) is 2.75. The van der Waals surface area contributed by atoms with E-state index in [-0.39, 0.29) is 11.9 Å². The van der Waals surface area contributed by atoms with E-state index in [1.54, 1.807) is 0 Å². The van der Waals surface area contributed by atoms with Gasteiger partial charge in [-0.1, -0.05) is 5.16 Å². The fraction of sp³-hybridized carbons (Fsp3) is 0.571. The molecule has 0 spiro atoms. The number of rotatable bonds is 2. The lowest BCUT2D eigenvalue weighted by Gasteiger charge is -2.00. The second kappa shape index (κ2) is 3.14. The van der Waals surface area contributed by atoms with Crippen molar-refractivity contribution in [1.29, 1.82) is 0 Å². The Morgan fingerprint density at radius 3 is 3.08 bits per heavy atom. The smallest absolute Gasteiger partial charge is 0.290 e. The molecule has 1 saturated heterocycles. The van der Waals surface area contributed by atoms with Crippen molar-refractivity contribution < 1.29 is 9.32 Å². The molecule has 2 heterocycles. The first-order chi connectivity index (χ1) is 6.27. The van der Waals surface area contributed by atoms with Crippen LogP contribution in [0.5, 0.6) is 0 Å². The van der Waals surface area contributed by atoms with Gasteiger partial charge in [0.2, 0.25) is 5.89 Å². The molecule has 6 nitrogen and oxygen atoms in total. The topological polar surface area (TPSA) is 94.0 Å². The van der Waals surface area contributed by atoms with Crippen molar-refractivity contribution in [3.8, 4) is 0 Å². The van der Waals surface area contributed by atoms with Crippen molar-refractivity contribution in [1.82, 2.24) is 15.5 Å². The first-order valence-corrected chi connectivity index (χ1v) is 4.14. The molecular formula is C7H10N4O2. The summed E-state index contributed by atoms with van der Waals surface area (Å²) in [5.41, 5.74) is 4.98. The third-order valence-electron chi connectivity index (χ3n) is 2.02. The fourth-order valence-electron chi connectivity index (χ4n) is 1.37. The Morgan fingerprint density at radius 1 is 1.69 bits per heavy atom. The SMILES string of the molecule is NC(=O)c1noc([C@@H]2CCCN2)n1. The molecule has 3 N–H and O–H groups in total. The van der Waals surface area contributed by atoms with Gasteiger partial charge in [0.1, 0.15) is 0 Å². The lowest BCUT2D eigenvalue weighted by atomic mass is 10.2. The van der Waals surface area contributed by atoms with Crippen LogP contribution < -0.4 is 11.1 Å². The van der Waals surface area contributed by atoms with Crippen molar-refractivity contribution in [2.45, 2.75) is 18.9 Å². The van der Waals surface area contributed by atoms with Crippen LogP contribution in [0.1, 0.15) is 35.4 Å². The summed E-state index contributed by atoms with van der Waals surface area (Å²) in [7, 11) is 0. The number of hydrogen-bond acceptors (Lipinski definition) is 5. The fourth-order valence-corrected chi connectivity index (χ4v) is 1.37. The van der Waals surface area contributed by atoms with Crippen LogP contribution in [-0.4, -0.2) is 22.6 Å². The van der Waals surface area contributed by atoms with E-state index in [0.29, 0.717) is 5.89 Å². The van der Waals surface area contributed by atoms with E-state index in [2.05, 4.69) is 15.5 Å². The first-order valence-electron chi connectivity index (χ1n) is 4.14. The molecule has 1 aliphatic heterocycles. The predicted octanol–water partition coefficient (Wildman–Crippen LogP) is -0.407.